The Hall–Kier alpha value is -2.55. The summed E-state index contributed by atoms with van der Waals surface area (Å²) < 4.78 is 0. The van der Waals surface area contributed by atoms with E-state index in [4.69, 9.17) is 0 Å². The van der Waals surface area contributed by atoms with Crippen molar-refractivity contribution in [3.8, 4) is 0 Å². The van der Waals surface area contributed by atoms with E-state index in [9.17, 15) is 4.79 Å². The monoisotopic (exact) mass is 388 g/mol. The smallest absolute Gasteiger partial charge is 0.255 e. The third-order valence-electron chi connectivity index (χ3n) is 6.64. The van der Waals surface area contributed by atoms with Crippen molar-refractivity contribution in [2.24, 2.45) is 11.3 Å². The summed E-state index contributed by atoms with van der Waals surface area (Å²) in [6.45, 7) is 7.71. The van der Waals surface area contributed by atoms with E-state index in [0.29, 0.717) is 18.0 Å². The molecule has 29 heavy (non-hydrogen) atoms. The van der Waals surface area contributed by atoms with E-state index < -0.39 is 0 Å². The molecule has 1 aromatic heterocycles. The van der Waals surface area contributed by atoms with Gasteiger partial charge in [0.05, 0.1) is 0 Å². The molecule has 0 atom stereocenters. The van der Waals surface area contributed by atoms with Gasteiger partial charge in [-0.1, -0.05) is 57.2 Å². The van der Waals surface area contributed by atoms with Crippen LogP contribution in [-0.4, -0.2) is 21.8 Å². The Bertz CT molecular complexity index is 959. The zero-order chi connectivity index (χ0) is 20.4. The van der Waals surface area contributed by atoms with Crippen molar-refractivity contribution in [2.75, 3.05) is 0 Å². The van der Waals surface area contributed by atoms with Crippen LogP contribution in [0.1, 0.15) is 62.4 Å². The van der Waals surface area contributed by atoms with E-state index in [2.05, 4.69) is 54.9 Å². The molecule has 1 saturated carbocycles. The number of aromatic nitrogens is 1. The summed E-state index contributed by atoms with van der Waals surface area (Å²) in [7, 11) is 0. The van der Waals surface area contributed by atoms with Gasteiger partial charge in [-0.05, 0) is 60.8 Å². The maximum absolute atomic E-state index is 13.8. The highest BCUT2D eigenvalue weighted by molar-refractivity contribution is 6.06. The second kappa shape index (κ2) is 8.06. The van der Waals surface area contributed by atoms with E-state index >= 15 is 0 Å². The van der Waals surface area contributed by atoms with Crippen molar-refractivity contribution in [1.29, 1.82) is 0 Å². The second-order valence-corrected chi connectivity index (χ2v) is 9.53. The second-order valence-electron chi connectivity index (χ2n) is 9.53. The molecule has 0 saturated heterocycles. The van der Waals surface area contributed by atoms with Crippen molar-refractivity contribution in [3.63, 3.8) is 0 Å². The summed E-state index contributed by atoms with van der Waals surface area (Å²) in [4.78, 5) is 19.1. The average molecular weight is 389 g/mol. The Labute approximate surface area is 174 Å². The molecule has 1 aliphatic carbocycles. The number of benzene rings is 2. The molecule has 1 aliphatic rings. The first-order valence-electron chi connectivity index (χ1n) is 10.8. The van der Waals surface area contributed by atoms with Gasteiger partial charge in [-0.3, -0.25) is 4.79 Å². The molecule has 3 heteroatoms. The highest BCUT2D eigenvalue weighted by Crippen LogP contribution is 2.39. The first kappa shape index (κ1) is 19.8. The first-order valence-corrected chi connectivity index (χ1v) is 10.8. The van der Waals surface area contributed by atoms with Crippen LogP contribution in [0.2, 0.25) is 0 Å². The van der Waals surface area contributed by atoms with Crippen molar-refractivity contribution >= 4 is 16.8 Å². The summed E-state index contributed by atoms with van der Waals surface area (Å²) in [5, 5.41) is 1.01. The molecule has 0 unspecified atom stereocenters. The van der Waals surface area contributed by atoms with Crippen LogP contribution in [-0.2, 0) is 6.54 Å². The number of hydrogen-bond donors (Lipinski definition) is 1. The zero-order valence-electron chi connectivity index (χ0n) is 17.8. The summed E-state index contributed by atoms with van der Waals surface area (Å²) in [6, 6.07) is 18.7. The van der Waals surface area contributed by atoms with Crippen LogP contribution in [0, 0.1) is 11.3 Å². The lowest BCUT2D eigenvalue weighted by Gasteiger charge is -2.41. The predicted molar refractivity (Wildman–Crippen MR) is 120 cm³/mol. The summed E-state index contributed by atoms with van der Waals surface area (Å²) >= 11 is 0. The SMILES string of the molecule is CC(C)(C)C1CCC(N(Cc2ccccc2)C(=O)c2cccc3[nH]ccc23)CC1. The van der Waals surface area contributed by atoms with Crippen molar-refractivity contribution in [1.82, 2.24) is 9.88 Å². The van der Waals surface area contributed by atoms with Gasteiger partial charge < -0.3 is 9.88 Å². The Morgan fingerprint density at radius 3 is 2.38 bits per heavy atom. The summed E-state index contributed by atoms with van der Waals surface area (Å²) in [5.41, 5.74) is 3.36. The van der Waals surface area contributed by atoms with Gasteiger partial charge in [-0.15, -0.1) is 0 Å². The molecular weight excluding hydrogens is 356 g/mol. The molecule has 1 amide bonds. The highest BCUT2D eigenvalue weighted by atomic mass is 16.2. The summed E-state index contributed by atoms with van der Waals surface area (Å²) in [5.74, 6) is 0.888. The minimum absolute atomic E-state index is 0.151. The number of rotatable bonds is 4. The standard InChI is InChI=1S/C26H32N2O/c1-26(2,3)20-12-14-21(15-13-20)28(18-19-8-5-4-6-9-19)25(29)23-10-7-11-24-22(23)16-17-27-24/h4-11,16-17,20-21,27H,12-15,18H2,1-3H3. The van der Waals surface area contributed by atoms with Gasteiger partial charge in [-0.25, -0.2) is 0 Å². The number of amides is 1. The molecule has 2 aromatic carbocycles. The minimum Gasteiger partial charge on any atom is -0.361 e. The van der Waals surface area contributed by atoms with Gasteiger partial charge in [0.15, 0.2) is 0 Å². The van der Waals surface area contributed by atoms with Gasteiger partial charge in [0.25, 0.3) is 5.91 Å². The molecular formula is C26H32N2O. The lowest BCUT2D eigenvalue weighted by atomic mass is 9.71. The Balaban J connectivity index is 1.62. The molecule has 1 fully saturated rings. The fourth-order valence-electron chi connectivity index (χ4n) is 4.83. The fourth-order valence-corrected chi connectivity index (χ4v) is 4.83. The number of nitrogens with zero attached hydrogens (tertiary/aromatic N) is 1. The van der Waals surface area contributed by atoms with Gasteiger partial charge in [0, 0.05) is 35.2 Å². The van der Waals surface area contributed by atoms with Gasteiger partial charge in [0.1, 0.15) is 0 Å². The zero-order valence-corrected chi connectivity index (χ0v) is 17.8. The molecule has 4 rings (SSSR count). The Kier molecular flexibility index (Phi) is 5.49. The maximum Gasteiger partial charge on any atom is 0.255 e. The van der Waals surface area contributed by atoms with E-state index in [1.165, 1.54) is 18.4 Å². The number of carbonyl (C=O) groups is 1. The fraction of sp³-hybridized carbons (Fsp3) is 0.423. The van der Waals surface area contributed by atoms with Crippen LogP contribution in [0.4, 0.5) is 0 Å². The van der Waals surface area contributed by atoms with Crippen LogP contribution >= 0.6 is 0 Å². The number of H-pyrrole nitrogens is 1. The maximum atomic E-state index is 13.8. The van der Waals surface area contributed by atoms with Crippen molar-refractivity contribution < 1.29 is 4.79 Å². The van der Waals surface area contributed by atoms with Gasteiger partial charge in [0.2, 0.25) is 0 Å². The minimum atomic E-state index is 0.151. The van der Waals surface area contributed by atoms with Crippen molar-refractivity contribution in [3.05, 3.63) is 71.9 Å². The summed E-state index contributed by atoms with van der Waals surface area (Å²) in [6.07, 6.45) is 6.48. The third-order valence-corrected chi connectivity index (χ3v) is 6.64. The van der Waals surface area contributed by atoms with Gasteiger partial charge >= 0.3 is 0 Å². The van der Waals surface area contributed by atoms with E-state index in [1.54, 1.807) is 0 Å². The molecule has 0 aliphatic heterocycles. The first-order chi connectivity index (χ1) is 13.9. The normalized spacial score (nSPS) is 20.0. The molecule has 0 radical (unpaired) electrons. The predicted octanol–water partition coefficient (Wildman–Crippen LogP) is 6.42. The van der Waals surface area contributed by atoms with Gasteiger partial charge in [-0.2, -0.15) is 0 Å². The van der Waals surface area contributed by atoms with E-state index in [0.717, 1.165) is 35.2 Å². The molecule has 1 heterocycles. The average Bonchev–Trinajstić information content (AvgIpc) is 3.21. The van der Waals surface area contributed by atoms with Crippen LogP contribution in [0.25, 0.3) is 10.9 Å². The van der Waals surface area contributed by atoms with Crippen LogP contribution in [0.5, 0.6) is 0 Å². The number of fused-ring (bicyclic) bond motifs is 1. The van der Waals surface area contributed by atoms with E-state index in [-0.39, 0.29) is 5.91 Å². The number of hydrogen-bond acceptors (Lipinski definition) is 1. The van der Waals surface area contributed by atoms with E-state index in [1.807, 2.05) is 36.5 Å². The molecule has 3 nitrogen and oxygen atoms in total. The number of nitrogens with one attached hydrogen (secondary N) is 1. The molecule has 152 valence electrons. The lowest BCUT2D eigenvalue weighted by molar-refractivity contribution is 0.0532. The quantitative estimate of drug-likeness (QED) is 0.550. The van der Waals surface area contributed by atoms with Crippen LogP contribution in [0.15, 0.2) is 60.8 Å². The number of carbonyl (C=O) groups excluding carboxylic acids is 1. The Morgan fingerprint density at radius 2 is 1.69 bits per heavy atom. The van der Waals surface area contributed by atoms with Crippen LogP contribution in [0.3, 0.4) is 0 Å². The Morgan fingerprint density at radius 1 is 0.966 bits per heavy atom. The highest BCUT2D eigenvalue weighted by Gasteiger charge is 2.34. The topological polar surface area (TPSA) is 36.1 Å². The van der Waals surface area contributed by atoms with Crippen LogP contribution < -0.4 is 0 Å². The number of aromatic amines is 1. The van der Waals surface area contributed by atoms with Crippen molar-refractivity contribution in [2.45, 2.75) is 59.0 Å². The third kappa shape index (κ3) is 4.24. The molecule has 0 bridgehead atoms. The molecule has 0 spiro atoms. The largest absolute Gasteiger partial charge is 0.361 e. The lowest BCUT2D eigenvalue weighted by Crippen LogP contribution is -2.43. The molecule has 3 aromatic rings. The molecule has 1 N–H and O–H groups in total.